The van der Waals surface area contributed by atoms with E-state index in [-0.39, 0.29) is 6.03 Å². The lowest BCUT2D eigenvalue weighted by Crippen LogP contribution is -2.43. The van der Waals surface area contributed by atoms with E-state index in [0.717, 1.165) is 38.4 Å². The van der Waals surface area contributed by atoms with Gasteiger partial charge in [0, 0.05) is 45.5 Å². The van der Waals surface area contributed by atoms with E-state index in [0.29, 0.717) is 0 Å². The topological polar surface area (TPSA) is 47.6 Å². The van der Waals surface area contributed by atoms with Crippen LogP contribution in [-0.4, -0.2) is 56.1 Å². The van der Waals surface area contributed by atoms with Crippen LogP contribution in [0.5, 0.6) is 0 Å². The molecule has 0 aromatic heterocycles. The molecular formula is C14H22N4O. The molecule has 1 aromatic rings. The van der Waals surface area contributed by atoms with Crippen molar-refractivity contribution in [3.05, 3.63) is 29.8 Å². The lowest BCUT2D eigenvalue weighted by Gasteiger charge is -2.32. The number of piperazine rings is 1. The first-order valence-electron chi connectivity index (χ1n) is 6.66. The fraction of sp³-hybridized carbons (Fsp3) is 0.500. The van der Waals surface area contributed by atoms with Gasteiger partial charge in [0.15, 0.2) is 0 Å². The average Bonchev–Trinajstić information content (AvgIpc) is 2.43. The fourth-order valence-corrected chi connectivity index (χ4v) is 2.15. The smallest absolute Gasteiger partial charge is 0.318 e. The van der Waals surface area contributed by atoms with Crippen LogP contribution >= 0.6 is 0 Å². The number of carbonyl (C=O) groups excluding carboxylic acids is 1. The van der Waals surface area contributed by atoms with Crippen molar-refractivity contribution in [1.29, 1.82) is 0 Å². The Kier molecular flexibility index (Phi) is 4.76. The van der Waals surface area contributed by atoms with Crippen molar-refractivity contribution in [1.82, 2.24) is 15.1 Å². The molecule has 0 saturated carbocycles. The van der Waals surface area contributed by atoms with Crippen LogP contribution in [-0.2, 0) is 6.54 Å². The quantitative estimate of drug-likeness (QED) is 0.860. The second-order valence-corrected chi connectivity index (χ2v) is 4.98. The molecule has 2 N–H and O–H groups in total. The number of hydrogen-bond donors (Lipinski definition) is 2. The summed E-state index contributed by atoms with van der Waals surface area (Å²) in [7, 11) is 3.77. The summed E-state index contributed by atoms with van der Waals surface area (Å²) in [5, 5.41) is 5.29. The summed E-state index contributed by atoms with van der Waals surface area (Å²) in [6, 6.07) is 7.85. The molecule has 0 bridgehead atoms. The Hall–Kier alpha value is -1.59. The van der Waals surface area contributed by atoms with Gasteiger partial charge in [-0.1, -0.05) is 12.1 Å². The minimum atomic E-state index is -0.188. The van der Waals surface area contributed by atoms with E-state index in [9.17, 15) is 4.79 Å². The number of amides is 2. The minimum Gasteiger partial charge on any atom is -0.341 e. The fourth-order valence-electron chi connectivity index (χ4n) is 2.15. The average molecular weight is 262 g/mol. The second-order valence-electron chi connectivity index (χ2n) is 4.98. The number of nitrogens with one attached hydrogen (secondary N) is 2. The van der Waals surface area contributed by atoms with Gasteiger partial charge in [-0.2, -0.15) is 0 Å². The molecule has 0 unspecified atom stereocenters. The van der Waals surface area contributed by atoms with Gasteiger partial charge in [0.2, 0.25) is 0 Å². The highest BCUT2D eigenvalue weighted by molar-refractivity contribution is 5.88. The molecule has 2 rings (SSSR count). The molecule has 1 heterocycles. The van der Waals surface area contributed by atoms with Crippen molar-refractivity contribution in [2.45, 2.75) is 6.54 Å². The predicted octanol–water partition coefficient (Wildman–Crippen LogP) is 1.19. The molecular weight excluding hydrogens is 240 g/mol. The molecule has 0 radical (unpaired) electrons. The second kappa shape index (κ2) is 6.54. The SMILES string of the molecule is CNC(=O)Nc1ccc(CN2CCN(C)CC2)cc1. The van der Waals surface area contributed by atoms with Crippen LogP contribution in [0.15, 0.2) is 24.3 Å². The van der Waals surface area contributed by atoms with Gasteiger partial charge in [-0.25, -0.2) is 4.79 Å². The van der Waals surface area contributed by atoms with E-state index in [1.165, 1.54) is 5.56 Å². The monoisotopic (exact) mass is 262 g/mol. The number of nitrogens with zero attached hydrogens (tertiary/aromatic N) is 2. The molecule has 0 spiro atoms. The van der Waals surface area contributed by atoms with Gasteiger partial charge >= 0.3 is 6.03 Å². The van der Waals surface area contributed by atoms with Crippen LogP contribution in [0.2, 0.25) is 0 Å². The molecule has 19 heavy (non-hydrogen) atoms. The molecule has 2 amide bonds. The van der Waals surface area contributed by atoms with Crippen molar-refractivity contribution >= 4 is 11.7 Å². The number of benzene rings is 1. The Bertz CT molecular complexity index is 410. The van der Waals surface area contributed by atoms with E-state index >= 15 is 0 Å². The van der Waals surface area contributed by atoms with Crippen LogP contribution in [0.1, 0.15) is 5.56 Å². The summed E-state index contributed by atoms with van der Waals surface area (Å²) in [4.78, 5) is 16.0. The molecule has 0 aliphatic carbocycles. The summed E-state index contributed by atoms with van der Waals surface area (Å²) < 4.78 is 0. The molecule has 104 valence electrons. The van der Waals surface area contributed by atoms with Crippen molar-refractivity contribution < 1.29 is 4.79 Å². The zero-order valence-corrected chi connectivity index (χ0v) is 11.6. The molecule has 5 nitrogen and oxygen atoms in total. The zero-order valence-electron chi connectivity index (χ0n) is 11.6. The Morgan fingerprint density at radius 3 is 2.37 bits per heavy atom. The predicted molar refractivity (Wildman–Crippen MR) is 77.3 cm³/mol. The van der Waals surface area contributed by atoms with E-state index in [1.807, 2.05) is 12.1 Å². The number of hydrogen-bond acceptors (Lipinski definition) is 3. The summed E-state index contributed by atoms with van der Waals surface area (Å²) in [6.45, 7) is 5.49. The maximum atomic E-state index is 11.2. The summed E-state index contributed by atoms with van der Waals surface area (Å²) in [5.74, 6) is 0. The highest BCUT2D eigenvalue weighted by Gasteiger charge is 2.13. The summed E-state index contributed by atoms with van der Waals surface area (Å²) in [6.07, 6.45) is 0. The van der Waals surface area contributed by atoms with Gasteiger partial charge in [0.1, 0.15) is 0 Å². The third kappa shape index (κ3) is 4.22. The van der Waals surface area contributed by atoms with Crippen molar-refractivity contribution in [3.63, 3.8) is 0 Å². The lowest BCUT2D eigenvalue weighted by atomic mass is 10.2. The van der Waals surface area contributed by atoms with Crippen molar-refractivity contribution in [2.24, 2.45) is 0 Å². The Morgan fingerprint density at radius 1 is 1.16 bits per heavy atom. The van der Waals surface area contributed by atoms with Gasteiger partial charge in [0.05, 0.1) is 0 Å². The largest absolute Gasteiger partial charge is 0.341 e. The van der Waals surface area contributed by atoms with Crippen LogP contribution in [0.4, 0.5) is 10.5 Å². The molecule has 5 heteroatoms. The Morgan fingerprint density at radius 2 is 1.79 bits per heavy atom. The van der Waals surface area contributed by atoms with Gasteiger partial charge in [-0.15, -0.1) is 0 Å². The lowest BCUT2D eigenvalue weighted by molar-refractivity contribution is 0.148. The first-order valence-corrected chi connectivity index (χ1v) is 6.66. The molecule has 0 atom stereocenters. The van der Waals surface area contributed by atoms with Crippen molar-refractivity contribution in [3.8, 4) is 0 Å². The van der Waals surface area contributed by atoms with Crippen LogP contribution in [0, 0.1) is 0 Å². The summed E-state index contributed by atoms with van der Waals surface area (Å²) >= 11 is 0. The van der Waals surface area contributed by atoms with E-state index in [4.69, 9.17) is 0 Å². The van der Waals surface area contributed by atoms with Gasteiger partial charge in [-0.05, 0) is 24.7 Å². The van der Waals surface area contributed by atoms with E-state index < -0.39 is 0 Å². The zero-order chi connectivity index (χ0) is 13.7. The maximum absolute atomic E-state index is 11.2. The highest BCUT2D eigenvalue weighted by Crippen LogP contribution is 2.12. The standard InChI is InChI=1S/C14H22N4O/c1-15-14(19)16-13-5-3-12(4-6-13)11-18-9-7-17(2)8-10-18/h3-6H,7-11H2,1-2H3,(H2,15,16,19). The highest BCUT2D eigenvalue weighted by atomic mass is 16.2. The Labute approximate surface area is 114 Å². The van der Waals surface area contributed by atoms with Crippen LogP contribution in [0.3, 0.4) is 0 Å². The minimum absolute atomic E-state index is 0.188. The molecule has 1 aliphatic rings. The van der Waals surface area contributed by atoms with Gasteiger partial charge in [-0.3, -0.25) is 4.90 Å². The van der Waals surface area contributed by atoms with Crippen molar-refractivity contribution in [2.75, 3.05) is 45.6 Å². The van der Waals surface area contributed by atoms with E-state index in [2.05, 4.69) is 39.6 Å². The van der Waals surface area contributed by atoms with Gasteiger partial charge in [0.25, 0.3) is 0 Å². The van der Waals surface area contributed by atoms with E-state index in [1.54, 1.807) is 7.05 Å². The number of carbonyl (C=O) groups is 1. The molecule has 1 aliphatic heterocycles. The van der Waals surface area contributed by atoms with Crippen LogP contribution < -0.4 is 10.6 Å². The number of rotatable bonds is 3. The molecule has 1 saturated heterocycles. The Balaban J connectivity index is 1.86. The summed E-state index contributed by atoms with van der Waals surface area (Å²) in [5.41, 5.74) is 2.11. The van der Waals surface area contributed by atoms with Crippen LogP contribution in [0.25, 0.3) is 0 Å². The first kappa shape index (κ1) is 13.8. The first-order chi connectivity index (χ1) is 9.17. The molecule has 1 fully saturated rings. The third-order valence-corrected chi connectivity index (χ3v) is 3.44. The number of urea groups is 1. The normalized spacial score (nSPS) is 17.2. The third-order valence-electron chi connectivity index (χ3n) is 3.44. The van der Waals surface area contributed by atoms with Gasteiger partial charge < -0.3 is 15.5 Å². The molecule has 1 aromatic carbocycles. The number of anilines is 1. The number of likely N-dealkylation sites (N-methyl/N-ethyl adjacent to an activating group) is 1. The maximum Gasteiger partial charge on any atom is 0.318 e.